The van der Waals surface area contributed by atoms with Crippen LogP contribution in [0.1, 0.15) is 113 Å². The van der Waals surface area contributed by atoms with Gasteiger partial charge in [0.2, 0.25) is 0 Å². The van der Waals surface area contributed by atoms with Crippen LogP contribution in [0.15, 0.2) is 174 Å². The summed E-state index contributed by atoms with van der Waals surface area (Å²) in [6.07, 6.45) is 16.0. The summed E-state index contributed by atoms with van der Waals surface area (Å²) >= 11 is 1.76. The Kier molecular flexibility index (Phi) is 13.0. The molecule has 8 aromatic carbocycles. The number of imide groups is 2. The first kappa shape index (κ1) is 49.1. The third-order valence-corrected chi connectivity index (χ3v) is 20.5. The third-order valence-electron chi connectivity index (χ3n) is 15.1. The molecule has 2 aliphatic heterocycles. The minimum atomic E-state index is -2.67. The second kappa shape index (κ2) is 19.6. The Hall–Kier alpha value is -7.11. The molecular weight excluding hydrogens is 1110 g/mol. The average Bonchev–Trinajstić information content (AvgIpc) is 3.92. The summed E-state index contributed by atoms with van der Waals surface area (Å²) < 4.78 is 3.90. The van der Waals surface area contributed by atoms with E-state index in [0.29, 0.717) is 39.6 Å². The number of carbonyl (C=O) groups is 4. The van der Waals surface area contributed by atoms with E-state index in [1.165, 1.54) is 36.9 Å². The van der Waals surface area contributed by atoms with Gasteiger partial charge in [-0.3, -0.25) is 14.5 Å². The molecule has 367 valence electrons. The molecule has 0 spiro atoms. The average molecular weight is 1160 g/mol. The number of hydrogen-bond donors (Lipinski definition) is 0. The molecule has 0 unspecified atom stereocenters. The fraction of sp³-hybridized carbons (Fsp3) is 0.197. The van der Waals surface area contributed by atoms with Crippen molar-refractivity contribution in [3.8, 4) is 4.37 Å². The van der Waals surface area contributed by atoms with Gasteiger partial charge in [0.05, 0.1) is 0 Å². The molecule has 0 atom stereocenters. The monoisotopic (exact) mass is 1160 g/mol. The number of allylic oxidation sites excluding steroid dienone is 8. The normalized spacial score (nSPS) is 16.6. The molecule has 1 aliphatic carbocycles. The van der Waals surface area contributed by atoms with Gasteiger partial charge in [-0.25, -0.2) is 0 Å². The van der Waals surface area contributed by atoms with E-state index in [-0.39, 0.29) is 42.0 Å². The van der Waals surface area contributed by atoms with Gasteiger partial charge >= 0.3 is 379 Å². The summed E-state index contributed by atoms with van der Waals surface area (Å²) in [5.41, 5.74) is 7.21. The molecule has 6 nitrogen and oxygen atoms in total. The molecule has 0 radical (unpaired) electrons. The molecule has 1 saturated carbocycles. The Labute approximate surface area is 443 Å². The van der Waals surface area contributed by atoms with Gasteiger partial charge < -0.3 is 0 Å². The van der Waals surface area contributed by atoms with E-state index < -0.39 is 7.26 Å². The van der Waals surface area contributed by atoms with Crippen molar-refractivity contribution in [1.82, 2.24) is 9.80 Å². The molecule has 11 rings (SSSR count). The van der Waals surface area contributed by atoms with Gasteiger partial charge in [0.25, 0.3) is 0 Å². The third kappa shape index (κ3) is 7.75. The van der Waals surface area contributed by atoms with Crippen LogP contribution >= 0.6 is 7.26 Å². The summed E-state index contributed by atoms with van der Waals surface area (Å²) in [6.45, 7) is 12.7. The van der Waals surface area contributed by atoms with Crippen molar-refractivity contribution in [2.75, 3.05) is 13.1 Å². The first-order valence-electron chi connectivity index (χ1n) is 25.8. The number of carbonyl (C=O) groups excluding carboxylic acids is 4. The molecule has 1 fully saturated rings. The summed E-state index contributed by atoms with van der Waals surface area (Å²) in [4.78, 5) is 61.8. The van der Waals surface area contributed by atoms with Crippen LogP contribution in [0, 0.1) is 16.2 Å². The van der Waals surface area contributed by atoms with Crippen molar-refractivity contribution in [3.05, 3.63) is 207 Å². The molecule has 0 saturated heterocycles. The Balaban J connectivity index is 1.30. The van der Waals surface area contributed by atoms with Gasteiger partial charge in [-0.15, -0.1) is 0 Å². The first-order chi connectivity index (χ1) is 35.9. The minimum absolute atomic E-state index is 0.0509. The zero-order valence-electron chi connectivity index (χ0n) is 42.6. The maximum absolute atomic E-state index is 15.1. The molecule has 4 amide bonds. The molecular formula is C66H57N2O4OsP+. The zero-order chi connectivity index (χ0) is 51.6. The van der Waals surface area contributed by atoms with E-state index >= 15 is 4.79 Å². The van der Waals surface area contributed by atoms with Gasteiger partial charge in [-0.1, -0.05) is 33.8 Å². The van der Waals surface area contributed by atoms with Crippen LogP contribution in [-0.4, -0.2) is 46.5 Å². The van der Waals surface area contributed by atoms with Crippen molar-refractivity contribution in [1.29, 1.82) is 0 Å². The summed E-state index contributed by atoms with van der Waals surface area (Å²) in [7, 11) is -2.67. The van der Waals surface area contributed by atoms with Gasteiger partial charge in [0.15, 0.2) is 0 Å². The van der Waals surface area contributed by atoms with Gasteiger partial charge in [-0.05, 0) is 12.8 Å². The zero-order valence-corrected chi connectivity index (χ0v) is 46.0. The Morgan fingerprint density at radius 1 is 0.554 bits per heavy atom. The number of amides is 4. The van der Waals surface area contributed by atoms with E-state index in [0.717, 1.165) is 73.6 Å². The van der Waals surface area contributed by atoms with Crippen molar-refractivity contribution >= 4 is 102 Å². The van der Waals surface area contributed by atoms with E-state index in [2.05, 4.69) is 127 Å². The van der Waals surface area contributed by atoms with Crippen LogP contribution in [0.2, 0.25) is 0 Å². The number of nitrogens with zero attached hydrogens (tertiary/aromatic N) is 2. The van der Waals surface area contributed by atoms with Crippen LogP contribution in [0.5, 0.6) is 0 Å². The van der Waals surface area contributed by atoms with Gasteiger partial charge in [0.1, 0.15) is 0 Å². The Morgan fingerprint density at radius 2 is 0.986 bits per heavy atom. The quantitative estimate of drug-likeness (QED) is 0.0402. The first-order valence-corrected chi connectivity index (χ1v) is 28.8. The molecule has 0 N–H and O–H groups in total. The van der Waals surface area contributed by atoms with Gasteiger partial charge in [-0.2, -0.15) is 0 Å². The van der Waals surface area contributed by atoms with Crippen molar-refractivity contribution in [2.24, 2.45) is 11.8 Å². The second-order valence-corrected chi connectivity index (χ2v) is 24.5. The van der Waals surface area contributed by atoms with Crippen LogP contribution in [0.4, 0.5) is 0 Å². The summed E-state index contributed by atoms with van der Waals surface area (Å²) in [5, 5.41) is 11.0. The van der Waals surface area contributed by atoms with E-state index in [9.17, 15) is 14.4 Å². The Morgan fingerprint density at radius 3 is 1.41 bits per heavy atom. The Bertz CT molecular complexity index is 3780. The molecule has 2 heterocycles. The van der Waals surface area contributed by atoms with E-state index in [1.54, 1.807) is 17.9 Å². The fourth-order valence-corrected chi connectivity index (χ4v) is 17.9. The molecule has 8 heteroatoms. The molecule has 0 aromatic heterocycles. The second-order valence-electron chi connectivity index (χ2n) is 20.6. The summed E-state index contributed by atoms with van der Waals surface area (Å²) in [5.74, 6) is -1.11. The SMILES string of the molecule is CC=C1CCCC1=CC(/C=C/c1cc2c3c(ccc4c5c(/C=C/C)cc6c7c(ccc(c1c34)c75)C(=O)N(CC(C)C)C6=O)C(=O)N(CC(C)C)C2=O)=C([C]#[Os])[P+](c1ccccc1)(c1ccccc1)c1ccccc1. The van der Waals surface area contributed by atoms with Crippen LogP contribution in [-0.2, 0) is 17.9 Å². The standard InChI is InChI=1S/C66H57N2O4P.Os/c1-8-20-46-36-55-59-53(63(69)67(65(55)71)38-40(3)4)34-32-52-58-47(37-56-60-54(64(70)68(66(56)72)39-41(5)6)33-31-51(62(58)60)57(46)61(52)59)30-29-44(35-45-22-19-21-43(45)9-2)42(7)73(48-23-13-10-14-24-48,49-25-15-11-16-26-49)50-27-17-12-18-28-50;/h8-18,20,23-37,40-41H,19,21-22,38-39H2,1-6H3;/q+1;/b20-8+,30-29+,43-9?,44-42?,45-35?;. The van der Waals surface area contributed by atoms with E-state index in [1.807, 2.05) is 83.2 Å². The summed E-state index contributed by atoms with van der Waals surface area (Å²) in [6, 6.07) is 44.3. The number of fused-ring (bicyclic) bond motifs is 2. The number of hydrogen-bond acceptors (Lipinski definition) is 4. The van der Waals surface area contributed by atoms with Crippen molar-refractivity contribution < 1.29 is 37.1 Å². The van der Waals surface area contributed by atoms with Crippen LogP contribution in [0.25, 0.3) is 55.2 Å². The molecule has 3 aliphatic rings. The predicted octanol–water partition coefficient (Wildman–Crippen LogP) is 14.1. The topological polar surface area (TPSA) is 74.8 Å². The number of rotatable bonds is 12. The number of benzene rings is 8. The van der Waals surface area contributed by atoms with Crippen LogP contribution in [0.3, 0.4) is 0 Å². The fourth-order valence-electron chi connectivity index (χ4n) is 12.1. The molecule has 8 aromatic rings. The van der Waals surface area contributed by atoms with Crippen molar-refractivity contribution in [3.63, 3.8) is 0 Å². The predicted molar refractivity (Wildman–Crippen MR) is 304 cm³/mol. The van der Waals surface area contributed by atoms with E-state index in [4.69, 9.17) is 0 Å². The molecule has 74 heavy (non-hydrogen) atoms. The van der Waals surface area contributed by atoms with Crippen LogP contribution < -0.4 is 15.9 Å². The maximum atomic E-state index is 15.1. The molecule has 0 bridgehead atoms. The van der Waals surface area contributed by atoms with Crippen molar-refractivity contribution in [2.45, 2.75) is 60.8 Å². The van der Waals surface area contributed by atoms with Gasteiger partial charge in [0, 0.05) is 6.54 Å².